The number of hydrogen-bond acceptors (Lipinski definition) is 8. The van der Waals surface area contributed by atoms with E-state index in [2.05, 4.69) is 12.2 Å². The third kappa shape index (κ3) is 6.14. The van der Waals surface area contributed by atoms with Gasteiger partial charge >= 0.3 is 11.9 Å². The Morgan fingerprint density at radius 1 is 1.09 bits per heavy atom. The SMILES string of the molecule is C[C@]12C=CC(=O)C=C1CC[C@@H]1[C@H]2[C@@H](O)C[C@@]2(C)[C@H]1CC[C@]2(O)C(=O)COC(=O)CCC(=O)NC[C@H](CC(=O)O)c1ccccc1. The zero-order valence-corrected chi connectivity index (χ0v) is 25.9. The zero-order valence-electron chi connectivity index (χ0n) is 25.9. The lowest BCUT2D eigenvalue weighted by atomic mass is 9.46. The number of fused-ring (bicyclic) bond motifs is 5. The molecule has 0 spiro atoms. The summed E-state index contributed by atoms with van der Waals surface area (Å²) in [6, 6.07) is 8.99. The lowest BCUT2D eigenvalue weighted by Gasteiger charge is -2.59. The number of ketones is 2. The van der Waals surface area contributed by atoms with Crippen molar-refractivity contribution in [3.05, 3.63) is 59.7 Å². The number of aliphatic carboxylic acids is 1. The molecule has 4 aliphatic rings. The van der Waals surface area contributed by atoms with Crippen LogP contribution in [0, 0.1) is 28.6 Å². The van der Waals surface area contributed by atoms with E-state index in [4.69, 9.17) is 4.74 Å². The Labute approximate surface area is 262 Å². The first-order chi connectivity index (χ1) is 21.3. The van der Waals surface area contributed by atoms with E-state index in [1.54, 1.807) is 36.4 Å². The van der Waals surface area contributed by atoms with E-state index in [0.29, 0.717) is 6.42 Å². The summed E-state index contributed by atoms with van der Waals surface area (Å²) in [4.78, 5) is 61.7. The number of amides is 1. The number of carbonyl (C=O) groups is 5. The molecular weight excluding hydrogens is 578 g/mol. The van der Waals surface area contributed by atoms with E-state index in [1.165, 1.54) is 0 Å². The first kappa shape index (κ1) is 32.8. The molecule has 0 unspecified atom stereocenters. The summed E-state index contributed by atoms with van der Waals surface area (Å²) in [7, 11) is 0. The molecule has 0 radical (unpaired) electrons. The van der Waals surface area contributed by atoms with Gasteiger partial charge in [0.2, 0.25) is 11.7 Å². The molecule has 3 fully saturated rings. The van der Waals surface area contributed by atoms with Crippen molar-refractivity contribution in [1.82, 2.24) is 5.32 Å². The van der Waals surface area contributed by atoms with Crippen LogP contribution in [0.3, 0.4) is 0 Å². The van der Waals surface area contributed by atoms with E-state index in [0.717, 1.165) is 24.0 Å². The number of allylic oxidation sites excluding steroid dienone is 4. The number of nitrogens with one attached hydrogen (secondary N) is 1. The van der Waals surface area contributed by atoms with Crippen molar-refractivity contribution < 1.29 is 44.0 Å². The van der Waals surface area contributed by atoms with Crippen LogP contribution < -0.4 is 5.32 Å². The molecular formula is C35H43NO9. The number of carbonyl (C=O) groups excluding carboxylic acids is 4. The van der Waals surface area contributed by atoms with Crippen molar-refractivity contribution >= 4 is 29.4 Å². The first-order valence-electron chi connectivity index (χ1n) is 15.9. The number of hydrogen-bond donors (Lipinski definition) is 4. The molecule has 0 aromatic heterocycles. The molecule has 45 heavy (non-hydrogen) atoms. The van der Waals surface area contributed by atoms with Gasteiger partial charge in [-0.15, -0.1) is 0 Å². The first-order valence-corrected chi connectivity index (χ1v) is 15.9. The Morgan fingerprint density at radius 3 is 2.53 bits per heavy atom. The van der Waals surface area contributed by atoms with Gasteiger partial charge in [0.05, 0.1) is 18.9 Å². The molecule has 8 atom stereocenters. The van der Waals surface area contributed by atoms with Crippen LogP contribution in [-0.2, 0) is 28.7 Å². The summed E-state index contributed by atoms with van der Waals surface area (Å²) >= 11 is 0. The molecule has 4 N–H and O–H groups in total. The molecule has 1 aromatic carbocycles. The minimum Gasteiger partial charge on any atom is -0.481 e. The number of aliphatic hydroxyl groups is 2. The highest BCUT2D eigenvalue weighted by Gasteiger charge is 2.68. The number of ether oxygens (including phenoxy) is 1. The number of benzene rings is 1. The maximum Gasteiger partial charge on any atom is 0.306 e. The van der Waals surface area contributed by atoms with Gasteiger partial charge in [-0.2, -0.15) is 0 Å². The maximum absolute atomic E-state index is 13.5. The highest BCUT2D eigenvalue weighted by Crippen LogP contribution is 2.67. The zero-order chi connectivity index (χ0) is 32.6. The van der Waals surface area contributed by atoms with Gasteiger partial charge in [-0.3, -0.25) is 24.0 Å². The van der Waals surface area contributed by atoms with Crippen LogP contribution in [0.1, 0.15) is 76.7 Å². The van der Waals surface area contributed by atoms with Gasteiger partial charge in [0.1, 0.15) is 5.60 Å². The maximum atomic E-state index is 13.5. The molecule has 1 aromatic rings. The molecule has 0 heterocycles. The topological polar surface area (TPSA) is 167 Å². The monoisotopic (exact) mass is 621 g/mol. The average Bonchev–Trinajstić information content (AvgIpc) is 3.27. The molecule has 0 saturated heterocycles. The van der Waals surface area contributed by atoms with Crippen LogP contribution in [0.5, 0.6) is 0 Å². The summed E-state index contributed by atoms with van der Waals surface area (Å²) in [6.45, 7) is 3.38. The van der Waals surface area contributed by atoms with Gasteiger partial charge in [0.25, 0.3) is 0 Å². The third-order valence-electron chi connectivity index (χ3n) is 11.3. The summed E-state index contributed by atoms with van der Waals surface area (Å²) in [5, 5.41) is 35.3. The highest BCUT2D eigenvalue weighted by molar-refractivity contribution is 6.01. The fraction of sp³-hybridized carbons (Fsp3) is 0.571. The normalized spacial score (nSPS) is 34.0. The van der Waals surface area contributed by atoms with Crippen LogP contribution >= 0.6 is 0 Å². The molecule has 3 saturated carbocycles. The summed E-state index contributed by atoms with van der Waals surface area (Å²) in [5.41, 5.74) is -1.33. The fourth-order valence-electron chi connectivity index (χ4n) is 8.91. The lowest BCUT2D eigenvalue weighted by molar-refractivity contribution is -0.181. The third-order valence-corrected chi connectivity index (χ3v) is 11.3. The van der Waals surface area contributed by atoms with Crippen LogP contribution in [0.4, 0.5) is 0 Å². The largest absolute Gasteiger partial charge is 0.481 e. The predicted octanol–water partition coefficient (Wildman–Crippen LogP) is 3.26. The van der Waals surface area contributed by atoms with E-state index in [1.807, 2.05) is 19.1 Å². The summed E-state index contributed by atoms with van der Waals surface area (Å²) < 4.78 is 5.22. The quantitative estimate of drug-likeness (QED) is 0.271. The number of aliphatic hydroxyl groups excluding tert-OH is 1. The molecule has 1 amide bonds. The van der Waals surface area contributed by atoms with Crippen molar-refractivity contribution in [3.63, 3.8) is 0 Å². The lowest BCUT2D eigenvalue weighted by Crippen LogP contribution is -2.61. The summed E-state index contributed by atoms with van der Waals surface area (Å²) in [5.74, 6) is -3.37. The molecule has 4 aliphatic carbocycles. The van der Waals surface area contributed by atoms with Crippen LogP contribution in [0.15, 0.2) is 54.1 Å². The Morgan fingerprint density at radius 2 is 1.82 bits per heavy atom. The number of carboxylic acids is 1. The minimum atomic E-state index is -1.77. The van der Waals surface area contributed by atoms with Gasteiger partial charge < -0.3 is 25.4 Å². The molecule has 10 nitrogen and oxygen atoms in total. The number of Topliss-reactive ketones (excluding diaryl/α,β-unsaturated/α-hetero) is 1. The van der Waals surface area contributed by atoms with Gasteiger partial charge in [-0.25, -0.2) is 0 Å². The molecule has 0 bridgehead atoms. The number of esters is 1. The molecule has 242 valence electrons. The summed E-state index contributed by atoms with van der Waals surface area (Å²) in [6.07, 6.45) is 6.23. The van der Waals surface area contributed by atoms with Crippen LogP contribution in [0.25, 0.3) is 0 Å². The Kier molecular flexibility index (Phi) is 9.20. The Hall–Kier alpha value is -3.63. The smallest absolute Gasteiger partial charge is 0.306 e. The van der Waals surface area contributed by atoms with E-state index < -0.39 is 58.7 Å². The number of rotatable bonds is 11. The average molecular weight is 622 g/mol. The van der Waals surface area contributed by atoms with Crippen molar-refractivity contribution in [2.24, 2.45) is 28.6 Å². The highest BCUT2D eigenvalue weighted by atomic mass is 16.5. The Bertz CT molecular complexity index is 1420. The molecule has 0 aliphatic heterocycles. The minimum absolute atomic E-state index is 0.0236. The molecule has 10 heteroatoms. The van der Waals surface area contributed by atoms with Crippen molar-refractivity contribution in [2.75, 3.05) is 13.2 Å². The second-order valence-corrected chi connectivity index (χ2v) is 13.7. The van der Waals surface area contributed by atoms with Crippen molar-refractivity contribution in [1.29, 1.82) is 0 Å². The molecule has 5 rings (SSSR count). The number of carboxylic acid groups (broad SMARTS) is 1. The van der Waals surface area contributed by atoms with E-state index in [-0.39, 0.29) is 62.2 Å². The standard InChI is InChI=1S/C35H43NO9/c1-33-14-12-24(37)17-23(33)8-9-25-26-13-15-35(44,34(26,2)18-27(38)32(25)33)28(39)20-45-31(43)11-10-29(40)36-19-22(16-30(41)42)21-6-4-3-5-7-21/h3-7,12,14,17,22,25-27,32,38,44H,8-11,13,15-16,18-20H2,1-2H3,(H,36,40)(H,41,42)/t22-,25-,26-,27-,32-,33-,34-,35-/m0/s1. The Balaban J connectivity index is 1.14. The van der Waals surface area contributed by atoms with Crippen molar-refractivity contribution in [2.45, 2.75) is 82.8 Å². The van der Waals surface area contributed by atoms with Gasteiger partial charge in [0.15, 0.2) is 12.4 Å². The van der Waals surface area contributed by atoms with Crippen LogP contribution in [0.2, 0.25) is 0 Å². The second kappa shape index (κ2) is 12.6. The van der Waals surface area contributed by atoms with Crippen molar-refractivity contribution in [3.8, 4) is 0 Å². The van der Waals surface area contributed by atoms with E-state index in [9.17, 15) is 39.3 Å². The second-order valence-electron chi connectivity index (χ2n) is 13.7. The van der Waals surface area contributed by atoms with Gasteiger partial charge in [-0.1, -0.05) is 55.8 Å². The fourth-order valence-corrected chi connectivity index (χ4v) is 8.91. The predicted molar refractivity (Wildman–Crippen MR) is 163 cm³/mol. The van der Waals surface area contributed by atoms with Crippen LogP contribution in [-0.4, -0.2) is 69.6 Å². The van der Waals surface area contributed by atoms with Gasteiger partial charge in [0, 0.05) is 35.6 Å². The van der Waals surface area contributed by atoms with E-state index >= 15 is 0 Å². The van der Waals surface area contributed by atoms with Gasteiger partial charge in [-0.05, 0) is 61.7 Å².